The number of hydrogen-bond donors (Lipinski definition) is 2. The lowest BCUT2D eigenvalue weighted by Gasteiger charge is -2.17. The molecule has 2 aromatic rings. The lowest BCUT2D eigenvalue weighted by Crippen LogP contribution is -2.34. The van der Waals surface area contributed by atoms with Gasteiger partial charge in [0, 0.05) is 40.5 Å². The first-order chi connectivity index (χ1) is 12.7. The highest BCUT2D eigenvalue weighted by atomic mass is 127. The van der Waals surface area contributed by atoms with Crippen molar-refractivity contribution in [2.75, 3.05) is 5.32 Å². The summed E-state index contributed by atoms with van der Waals surface area (Å²) in [5.41, 5.74) is -0.396. The van der Waals surface area contributed by atoms with Gasteiger partial charge in [0.1, 0.15) is 5.69 Å². The van der Waals surface area contributed by atoms with Gasteiger partial charge in [-0.15, -0.1) is 0 Å². The Bertz CT molecular complexity index is 857. The molecule has 1 aromatic heterocycles. The molecule has 0 atom stereocenters. The van der Waals surface area contributed by atoms with Gasteiger partial charge < -0.3 is 10.6 Å². The van der Waals surface area contributed by atoms with Gasteiger partial charge in [-0.25, -0.2) is 9.97 Å². The van der Waals surface area contributed by atoms with E-state index in [1.54, 1.807) is 12.1 Å². The number of nitrogens with one attached hydrogen (secondary N) is 2. The fourth-order valence-corrected chi connectivity index (χ4v) is 3.57. The van der Waals surface area contributed by atoms with Crippen LogP contribution in [-0.4, -0.2) is 21.9 Å². The summed E-state index contributed by atoms with van der Waals surface area (Å²) in [5, 5.41) is 6.23. The Kier molecular flexibility index (Phi) is 6.37. The molecule has 1 heterocycles. The second-order valence-corrected chi connectivity index (χ2v) is 8.33. The monoisotopic (exact) mass is 526 g/mol. The number of alkyl halides is 3. The van der Waals surface area contributed by atoms with Crippen molar-refractivity contribution in [2.24, 2.45) is 0 Å². The average molecular weight is 527 g/mol. The van der Waals surface area contributed by atoms with E-state index in [-0.39, 0.29) is 17.6 Å². The molecule has 0 saturated heterocycles. The normalized spacial score (nSPS) is 15.0. The maximum absolute atomic E-state index is 14.1. The maximum Gasteiger partial charge on any atom is 0.338 e. The minimum atomic E-state index is -3.34. The molecule has 2 N–H and O–H groups in total. The lowest BCUT2D eigenvalue weighted by molar-refractivity contribution is 0.0908. The predicted molar refractivity (Wildman–Crippen MR) is 109 cm³/mol. The summed E-state index contributed by atoms with van der Waals surface area (Å²) >= 11 is 12.8. The Morgan fingerprint density at radius 2 is 1.93 bits per heavy atom. The SMILES string of the molecule is O=C(NC1CCCC1)c1cnc(Nc2ccc(Cl)c(Cl)c2)nc1C(F)(F)I. The molecule has 1 aromatic carbocycles. The average Bonchev–Trinajstić information content (AvgIpc) is 3.10. The maximum atomic E-state index is 14.1. The smallest absolute Gasteiger partial charge is 0.338 e. The summed E-state index contributed by atoms with van der Waals surface area (Å²) in [7, 11) is 0. The Hall–Kier alpha value is -1.26. The number of carbonyl (C=O) groups excluding carboxylic acids is 1. The molecule has 1 aliphatic rings. The highest BCUT2D eigenvalue weighted by Crippen LogP contribution is 2.37. The minimum Gasteiger partial charge on any atom is -0.349 e. The molecule has 5 nitrogen and oxygen atoms in total. The number of anilines is 2. The number of nitrogens with zero attached hydrogens (tertiary/aromatic N) is 2. The van der Waals surface area contributed by atoms with Crippen LogP contribution in [-0.2, 0) is 3.93 Å². The van der Waals surface area contributed by atoms with Crippen LogP contribution in [0.4, 0.5) is 20.4 Å². The largest absolute Gasteiger partial charge is 0.349 e. The Morgan fingerprint density at radius 1 is 1.22 bits per heavy atom. The van der Waals surface area contributed by atoms with E-state index in [9.17, 15) is 13.6 Å². The number of carbonyl (C=O) groups is 1. The van der Waals surface area contributed by atoms with Crippen LogP contribution in [0.1, 0.15) is 41.7 Å². The fraction of sp³-hybridized carbons (Fsp3) is 0.353. The number of halogens is 5. The van der Waals surface area contributed by atoms with Crippen LogP contribution >= 0.6 is 45.8 Å². The van der Waals surface area contributed by atoms with Gasteiger partial charge in [-0.3, -0.25) is 4.79 Å². The highest BCUT2D eigenvalue weighted by molar-refractivity contribution is 14.1. The summed E-state index contributed by atoms with van der Waals surface area (Å²) in [6, 6.07) is 4.70. The molecule has 0 spiro atoms. The summed E-state index contributed by atoms with van der Waals surface area (Å²) in [6.07, 6.45) is 4.84. The molecule has 1 amide bonds. The van der Waals surface area contributed by atoms with Crippen LogP contribution in [0.5, 0.6) is 0 Å². The van der Waals surface area contributed by atoms with Crippen molar-refractivity contribution in [3.63, 3.8) is 0 Å². The second kappa shape index (κ2) is 8.40. The molecular weight excluding hydrogens is 512 g/mol. The van der Waals surface area contributed by atoms with Gasteiger partial charge in [0.05, 0.1) is 15.6 Å². The number of hydrogen-bond acceptors (Lipinski definition) is 4. The van der Waals surface area contributed by atoms with Crippen LogP contribution in [0.2, 0.25) is 10.0 Å². The first-order valence-corrected chi connectivity index (χ1v) is 10.0. The Labute approximate surface area is 178 Å². The van der Waals surface area contributed by atoms with Crippen LogP contribution in [0.25, 0.3) is 0 Å². The van der Waals surface area contributed by atoms with Crippen LogP contribution in [0.3, 0.4) is 0 Å². The van der Waals surface area contributed by atoms with Crippen molar-refractivity contribution in [3.8, 4) is 0 Å². The van der Waals surface area contributed by atoms with E-state index in [0.29, 0.717) is 15.7 Å². The summed E-state index contributed by atoms with van der Waals surface area (Å²) in [6.45, 7) is 0. The quantitative estimate of drug-likeness (QED) is 0.388. The van der Waals surface area contributed by atoms with E-state index in [2.05, 4.69) is 20.6 Å². The summed E-state index contributed by atoms with van der Waals surface area (Å²) in [4.78, 5) is 20.3. The third kappa shape index (κ3) is 5.17. The molecule has 1 saturated carbocycles. The zero-order chi connectivity index (χ0) is 19.6. The van der Waals surface area contributed by atoms with Gasteiger partial charge in [-0.1, -0.05) is 36.0 Å². The minimum absolute atomic E-state index is 0.00203. The van der Waals surface area contributed by atoms with Crippen molar-refractivity contribution in [3.05, 3.63) is 45.7 Å². The van der Waals surface area contributed by atoms with Crippen molar-refractivity contribution in [1.29, 1.82) is 0 Å². The van der Waals surface area contributed by atoms with Gasteiger partial charge in [-0.2, -0.15) is 8.78 Å². The van der Waals surface area contributed by atoms with Crippen molar-refractivity contribution in [1.82, 2.24) is 15.3 Å². The van der Waals surface area contributed by atoms with Gasteiger partial charge in [0.2, 0.25) is 5.95 Å². The third-order valence-electron chi connectivity index (χ3n) is 4.17. The molecule has 0 bridgehead atoms. The van der Waals surface area contributed by atoms with Crippen molar-refractivity contribution < 1.29 is 13.6 Å². The van der Waals surface area contributed by atoms with E-state index in [1.807, 2.05) is 0 Å². The summed E-state index contributed by atoms with van der Waals surface area (Å²) < 4.78 is 24.8. The number of amides is 1. The van der Waals surface area contributed by atoms with E-state index < -0.39 is 15.5 Å². The van der Waals surface area contributed by atoms with Crippen LogP contribution in [0.15, 0.2) is 24.4 Å². The van der Waals surface area contributed by atoms with E-state index in [0.717, 1.165) is 54.5 Å². The molecule has 144 valence electrons. The molecule has 1 fully saturated rings. The topological polar surface area (TPSA) is 66.9 Å². The number of benzene rings is 1. The molecule has 0 aliphatic heterocycles. The predicted octanol–water partition coefficient (Wildman–Crippen LogP) is 5.68. The van der Waals surface area contributed by atoms with Gasteiger partial charge in [-0.05, 0) is 31.0 Å². The Balaban J connectivity index is 1.87. The molecule has 1 aliphatic carbocycles. The molecule has 27 heavy (non-hydrogen) atoms. The van der Waals surface area contributed by atoms with Gasteiger partial charge >= 0.3 is 3.93 Å². The van der Waals surface area contributed by atoms with Crippen molar-refractivity contribution in [2.45, 2.75) is 35.7 Å². The molecule has 0 unspecified atom stereocenters. The van der Waals surface area contributed by atoms with Crippen LogP contribution < -0.4 is 10.6 Å². The van der Waals surface area contributed by atoms with Gasteiger partial charge in [0.15, 0.2) is 0 Å². The van der Waals surface area contributed by atoms with Crippen LogP contribution in [0, 0.1) is 0 Å². The fourth-order valence-electron chi connectivity index (χ4n) is 2.86. The lowest BCUT2D eigenvalue weighted by atomic mass is 10.2. The number of aromatic nitrogens is 2. The number of rotatable bonds is 5. The van der Waals surface area contributed by atoms with E-state index in [4.69, 9.17) is 23.2 Å². The summed E-state index contributed by atoms with van der Waals surface area (Å²) in [5.74, 6) is -0.661. The molecule has 0 radical (unpaired) electrons. The van der Waals surface area contributed by atoms with E-state index in [1.165, 1.54) is 6.07 Å². The van der Waals surface area contributed by atoms with Gasteiger partial charge in [0.25, 0.3) is 5.91 Å². The zero-order valence-corrected chi connectivity index (χ0v) is 17.6. The van der Waals surface area contributed by atoms with Crippen molar-refractivity contribution >= 4 is 63.3 Å². The van der Waals surface area contributed by atoms with E-state index >= 15 is 0 Å². The Morgan fingerprint density at radius 3 is 2.56 bits per heavy atom. The highest BCUT2D eigenvalue weighted by Gasteiger charge is 2.35. The molecule has 10 heteroatoms. The second-order valence-electron chi connectivity index (χ2n) is 6.16. The zero-order valence-electron chi connectivity index (χ0n) is 13.9. The first kappa shape index (κ1) is 20.5. The molecular formula is C17H15Cl2F2IN4O. The third-order valence-corrected chi connectivity index (χ3v) is 5.42. The molecule has 3 rings (SSSR count). The first-order valence-electron chi connectivity index (χ1n) is 8.21. The standard InChI is InChI=1S/C17H15Cl2F2IN4O/c18-12-6-5-10(7-13(12)19)25-16-23-8-11(14(26-16)17(20,21)22)15(27)24-9-3-1-2-4-9/h5-9H,1-4H2,(H,24,27)(H,23,25,26).